The van der Waals surface area contributed by atoms with Gasteiger partial charge in [-0.1, -0.05) is 12.1 Å². The summed E-state index contributed by atoms with van der Waals surface area (Å²) in [7, 11) is 0. The number of aryl methyl sites for hydroxylation is 2. The Kier molecular flexibility index (Phi) is 6.72. The van der Waals surface area contributed by atoms with Gasteiger partial charge in [-0.2, -0.15) is 5.10 Å². The molecule has 0 spiro atoms. The molecule has 9 heteroatoms. The highest BCUT2D eigenvalue weighted by Crippen LogP contribution is 2.23. The predicted octanol–water partition coefficient (Wildman–Crippen LogP) is 4.76. The van der Waals surface area contributed by atoms with E-state index in [0.29, 0.717) is 28.6 Å². The first kappa shape index (κ1) is 23.2. The molecule has 0 fully saturated rings. The van der Waals surface area contributed by atoms with Crippen molar-refractivity contribution in [2.75, 3.05) is 10.6 Å². The van der Waals surface area contributed by atoms with Gasteiger partial charge < -0.3 is 15.4 Å². The van der Waals surface area contributed by atoms with E-state index < -0.39 is 0 Å². The van der Waals surface area contributed by atoms with E-state index in [9.17, 15) is 4.79 Å². The fraction of sp³-hybridized carbons (Fsp3) is 0.320. The van der Waals surface area contributed by atoms with E-state index >= 15 is 0 Å². The van der Waals surface area contributed by atoms with Gasteiger partial charge in [0.05, 0.1) is 30.1 Å². The third-order valence-electron chi connectivity index (χ3n) is 5.25. The number of aromatic nitrogens is 5. The lowest BCUT2D eigenvalue weighted by molar-refractivity contribution is 0.102. The van der Waals surface area contributed by atoms with Crippen molar-refractivity contribution in [3.8, 4) is 5.88 Å². The molecule has 9 nitrogen and oxygen atoms in total. The Labute approximate surface area is 198 Å². The summed E-state index contributed by atoms with van der Waals surface area (Å²) >= 11 is 0. The van der Waals surface area contributed by atoms with E-state index in [2.05, 4.69) is 30.7 Å². The second-order valence-electron chi connectivity index (χ2n) is 8.41. The summed E-state index contributed by atoms with van der Waals surface area (Å²) in [6.45, 7) is 10.6. The van der Waals surface area contributed by atoms with Crippen LogP contribution in [0.2, 0.25) is 0 Å². The SMILES string of the molecule is CCn1cc2ncc(N[C@@H](C)c3cccc(NC(=O)c4cnc(OC(C)C)c(C)c4)c3)nc2n1. The Morgan fingerprint density at radius 1 is 1.15 bits per heavy atom. The van der Waals surface area contributed by atoms with Gasteiger partial charge in [-0.05, 0) is 58.4 Å². The molecule has 0 radical (unpaired) electrons. The van der Waals surface area contributed by atoms with E-state index in [1.165, 1.54) is 6.20 Å². The van der Waals surface area contributed by atoms with Crippen LogP contribution in [0.3, 0.4) is 0 Å². The van der Waals surface area contributed by atoms with Crippen molar-refractivity contribution in [3.63, 3.8) is 0 Å². The number of nitrogens with one attached hydrogen (secondary N) is 2. The van der Waals surface area contributed by atoms with Gasteiger partial charge in [0.2, 0.25) is 11.5 Å². The summed E-state index contributed by atoms with van der Waals surface area (Å²) in [5.74, 6) is 0.949. The quantitative estimate of drug-likeness (QED) is 0.391. The lowest BCUT2D eigenvalue weighted by Gasteiger charge is -2.16. The average molecular weight is 460 g/mol. The molecule has 3 heterocycles. The highest BCUT2D eigenvalue weighted by molar-refractivity contribution is 6.04. The van der Waals surface area contributed by atoms with E-state index in [1.807, 2.05) is 69.8 Å². The van der Waals surface area contributed by atoms with Crippen LogP contribution in [0.4, 0.5) is 11.5 Å². The lowest BCUT2D eigenvalue weighted by Crippen LogP contribution is -2.14. The number of carbonyl (C=O) groups excluding carboxylic acids is 1. The average Bonchev–Trinajstić information content (AvgIpc) is 3.23. The van der Waals surface area contributed by atoms with Crippen molar-refractivity contribution in [1.29, 1.82) is 0 Å². The van der Waals surface area contributed by atoms with E-state index in [1.54, 1.807) is 12.3 Å². The first-order valence-corrected chi connectivity index (χ1v) is 11.3. The zero-order valence-electron chi connectivity index (χ0n) is 20.0. The third kappa shape index (κ3) is 5.31. The van der Waals surface area contributed by atoms with Gasteiger partial charge in [0, 0.05) is 24.0 Å². The van der Waals surface area contributed by atoms with Crippen LogP contribution >= 0.6 is 0 Å². The van der Waals surface area contributed by atoms with Crippen molar-refractivity contribution in [2.45, 2.75) is 53.3 Å². The molecule has 2 N–H and O–H groups in total. The summed E-state index contributed by atoms with van der Waals surface area (Å²) in [5.41, 5.74) is 4.34. The zero-order valence-corrected chi connectivity index (χ0v) is 20.0. The van der Waals surface area contributed by atoms with Gasteiger partial charge in [0.1, 0.15) is 11.3 Å². The van der Waals surface area contributed by atoms with Crippen LogP contribution in [0.15, 0.2) is 48.9 Å². The van der Waals surface area contributed by atoms with Crippen LogP contribution in [0, 0.1) is 6.92 Å². The summed E-state index contributed by atoms with van der Waals surface area (Å²) in [6.07, 6.45) is 5.13. The Hall–Kier alpha value is -4.01. The maximum atomic E-state index is 12.8. The monoisotopic (exact) mass is 459 g/mol. The minimum absolute atomic E-state index is 0.0192. The highest BCUT2D eigenvalue weighted by atomic mass is 16.5. The standard InChI is InChI=1S/C25H29N7O2/c1-6-32-14-21-23(31-32)30-22(13-26-21)28-17(5)18-8-7-9-20(11-18)29-24(33)19-10-16(4)25(27-12-19)34-15(2)3/h7-15,17H,6H2,1-5H3,(H,29,33)(H,28,30,31)/t17-/m0/s1. The lowest BCUT2D eigenvalue weighted by atomic mass is 10.1. The van der Waals surface area contributed by atoms with Crippen molar-refractivity contribution in [3.05, 3.63) is 65.6 Å². The van der Waals surface area contributed by atoms with Gasteiger partial charge in [0.15, 0.2) is 0 Å². The Bertz CT molecular complexity index is 1320. The Morgan fingerprint density at radius 2 is 1.97 bits per heavy atom. The van der Waals surface area contributed by atoms with Crippen LogP contribution < -0.4 is 15.4 Å². The summed E-state index contributed by atoms with van der Waals surface area (Å²) < 4.78 is 7.47. The van der Waals surface area contributed by atoms with Crippen molar-refractivity contribution < 1.29 is 9.53 Å². The van der Waals surface area contributed by atoms with Crippen molar-refractivity contribution >= 4 is 28.6 Å². The molecule has 1 atom stereocenters. The molecule has 4 rings (SSSR count). The van der Waals surface area contributed by atoms with Gasteiger partial charge >= 0.3 is 0 Å². The number of hydrogen-bond acceptors (Lipinski definition) is 7. The molecule has 1 aromatic carbocycles. The highest BCUT2D eigenvalue weighted by Gasteiger charge is 2.13. The van der Waals surface area contributed by atoms with E-state index in [-0.39, 0.29) is 18.1 Å². The van der Waals surface area contributed by atoms with Gasteiger partial charge in [0.25, 0.3) is 5.91 Å². The smallest absolute Gasteiger partial charge is 0.257 e. The Balaban J connectivity index is 1.45. The number of pyridine rings is 1. The molecule has 0 aliphatic rings. The van der Waals surface area contributed by atoms with E-state index in [0.717, 1.165) is 23.2 Å². The number of nitrogens with zero attached hydrogens (tertiary/aromatic N) is 5. The second-order valence-corrected chi connectivity index (χ2v) is 8.41. The fourth-order valence-corrected chi connectivity index (χ4v) is 3.50. The Morgan fingerprint density at radius 3 is 2.71 bits per heavy atom. The fourth-order valence-electron chi connectivity index (χ4n) is 3.50. The number of rotatable bonds is 8. The van der Waals surface area contributed by atoms with Crippen LogP contribution in [-0.2, 0) is 6.54 Å². The topological polar surface area (TPSA) is 107 Å². The van der Waals surface area contributed by atoms with Gasteiger partial charge in [-0.15, -0.1) is 0 Å². The van der Waals surface area contributed by atoms with Gasteiger partial charge in [-0.25, -0.2) is 15.0 Å². The number of ether oxygens (including phenoxy) is 1. The summed E-state index contributed by atoms with van der Waals surface area (Å²) in [4.78, 5) is 26.1. The molecule has 1 amide bonds. The number of fused-ring (bicyclic) bond motifs is 1. The molecule has 0 saturated heterocycles. The molecule has 176 valence electrons. The number of amides is 1. The molecule has 0 aliphatic carbocycles. The van der Waals surface area contributed by atoms with Gasteiger partial charge in [-0.3, -0.25) is 9.48 Å². The minimum Gasteiger partial charge on any atom is -0.475 e. The summed E-state index contributed by atoms with van der Waals surface area (Å²) in [6, 6.07) is 9.41. The number of hydrogen-bond donors (Lipinski definition) is 2. The minimum atomic E-state index is -0.229. The molecule has 3 aromatic heterocycles. The summed E-state index contributed by atoms with van der Waals surface area (Å²) in [5, 5.41) is 10.7. The normalized spacial score (nSPS) is 12.1. The van der Waals surface area contributed by atoms with Crippen molar-refractivity contribution in [1.82, 2.24) is 24.7 Å². The third-order valence-corrected chi connectivity index (χ3v) is 5.25. The van der Waals surface area contributed by atoms with Crippen molar-refractivity contribution in [2.24, 2.45) is 0 Å². The van der Waals surface area contributed by atoms with Crippen LogP contribution in [0.25, 0.3) is 11.2 Å². The molecule has 34 heavy (non-hydrogen) atoms. The molecule has 0 saturated carbocycles. The molecule has 0 aliphatic heterocycles. The van der Waals surface area contributed by atoms with E-state index in [4.69, 9.17) is 4.74 Å². The van der Waals surface area contributed by atoms with Crippen LogP contribution in [0.1, 0.15) is 55.2 Å². The first-order chi connectivity index (χ1) is 16.3. The molecular weight excluding hydrogens is 430 g/mol. The van der Waals surface area contributed by atoms with Crippen LogP contribution in [0.5, 0.6) is 5.88 Å². The number of carbonyl (C=O) groups is 1. The number of anilines is 2. The predicted molar refractivity (Wildman–Crippen MR) is 132 cm³/mol. The zero-order chi connectivity index (χ0) is 24.2. The molecule has 4 aromatic rings. The first-order valence-electron chi connectivity index (χ1n) is 11.3. The second kappa shape index (κ2) is 9.86. The maximum Gasteiger partial charge on any atom is 0.257 e. The van der Waals surface area contributed by atoms with Crippen LogP contribution in [-0.4, -0.2) is 36.7 Å². The maximum absolute atomic E-state index is 12.8. The number of benzene rings is 1. The largest absolute Gasteiger partial charge is 0.475 e. The molecule has 0 unspecified atom stereocenters. The molecular formula is C25H29N7O2. The molecule has 0 bridgehead atoms.